The number of likely N-dealkylation sites (tertiary alicyclic amines) is 1. The Morgan fingerprint density at radius 2 is 1.75 bits per heavy atom. The van der Waals surface area contributed by atoms with Crippen LogP contribution in [0.1, 0.15) is 51.4 Å². The number of rotatable bonds is 5. The first-order valence-corrected chi connectivity index (χ1v) is 9.42. The van der Waals surface area contributed by atoms with E-state index in [1.165, 1.54) is 25.7 Å². The third kappa shape index (κ3) is 4.63. The highest BCUT2D eigenvalue weighted by atomic mass is 35.5. The van der Waals surface area contributed by atoms with Gasteiger partial charge in [-0.15, -0.1) is 12.4 Å². The van der Waals surface area contributed by atoms with E-state index in [2.05, 4.69) is 0 Å². The molecule has 0 bridgehead atoms. The highest BCUT2D eigenvalue weighted by molar-refractivity contribution is 5.85. The van der Waals surface area contributed by atoms with Crippen LogP contribution in [0.5, 0.6) is 0 Å². The molecule has 0 unspecified atom stereocenters. The summed E-state index contributed by atoms with van der Waals surface area (Å²) in [6.07, 6.45) is 9.20. The molecule has 1 amide bonds. The lowest BCUT2D eigenvalue weighted by atomic mass is 9.78. The molecular formula is C18H33ClN2O3. The second-order valence-electron chi connectivity index (χ2n) is 7.57. The predicted octanol–water partition coefficient (Wildman–Crippen LogP) is 2.36. The SMILES string of the molecule is Cl.NCC1(C(=O)N2CCC(OCC3CCCC3)CC2)CCOCC1. The van der Waals surface area contributed by atoms with Gasteiger partial charge >= 0.3 is 0 Å². The zero-order valence-corrected chi connectivity index (χ0v) is 15.5. The number of amides is 1. The van der Waals surface area contributed by atoms with E-state index in [-0.39, 0.29) is 23.7 Å². The van der Waals surface area contributed by atoms with Crippen molar-refractivity contribution in [3.05, 3.63) is 0 Å². The maximum absolute atomic E-state index is 12.9. The lowest BCUT2D eigenvalue weighted by Gasteiger charge is -2.41. The van der Waals surface area contributed by atoms with Crippen molar-refractivity contribution in [2.75, 3.05) is 39.5 Å². The summed E-state index contributed by atoms with van der Waals surface area (Å²) in [4.78, 5) is 15.0. The molecule has 0 radical (unpaired) electrons. The molecule has 3 rings (SSSR count). The van der Waals surface area contributed by atoms with Gasteiger partial charge in [0.15, 0.2) is 0 Å². The first-order valence-electron chi connectivity index (χ1n) is 9.42. The van der Waals surface area contributed by atoms with Gasteiger partial charge in [-0.2, -0.15) is 0 Å². The van der Waals surface area contributed by atoms with Crippen LogP contribution >= 0.6 is 12.4 Å². The summed E-state index contributed by atoms with van der Waals surface area (Å²) in [5.41, 5.74) is 5.58. The van der Waals surface area contributed by atoms with Crippen LogP contribution in [0.4, 0.5) is 0 Å². The third-order valence-electron chi connectivity index (χ3n) is 6.07. The van der Waals surface area contributed by atoms with Crippen LogP contribution in [0.3, 0.4) is 0 Å². The first-order chi connectivity index (χ1) is 11.2. The van der Waals surface area contributed by atoms with Crippen molar-refractivity contribution in [3.63, 3.8) is 0 Å². The second kappa shape index (κ2) is 9.37. The van der Waals surface area contributed by atoms with E-state index in [0.29, 0.717) is 25.9 Å². The van der Waals surface area contributed by atoms with Crippen LogP contribution in [-0.2, 0) is 14.3 Å². The summed E-state index contributed by atoms with van der Waals surface area (Å²) in [7, 11) is 0. The number of carbonyl (C=O) groups is 1. The predicted molar refractivity (Wildman–Crippen MR) is 96.3 cm³/mol. The third-order valence-corrected chi connectivity index (χ3v) is 6.07. The quantitative estimate of drug-likeness (QED) is 0.817. The molecule has 0 atom stereocenters. The summed E-state index contributed by atoms with van der Waals surface area (Å²) in [5.74, 6) is 1.02. The monoisotopic (exact) mass is 360 g/mol. The average molecular weight is 361 g/mol. The van der Waals surface area contributed by atoms with Gasteiger partial charge < -0.3 is 20.1 Å². The number of piperidine rings is 1. The van der Waals surface area contributed by atoms with Gasteiger partial charge in [0.2, 0.25) is 5.91 Å². The molecule has 6 heteroatoms. The highest BCUT2D eigenvalue weighted by Crippen LogP contribution is 2.33. The number of halogens is 1. The summed E-state index contributed by atoms with van der Waals surface area (Å²) in [6, 6.07) is 0. The van der Waals surface area contributed by atoms with Crippen LogP contribution in [0.2, 0.25) is 0 Å². The largest absolute Gasteiger partial charge is 0.381 e. The molecule has 2 aliphatic heterocycles. The molecule has 140 valence electrons. The lowest BCUT2D eigenvalue weighted by molar-refractivity contribution is -0.150. The minimum atomic E-state index is -0.379. The van der Waals surface area contributed by atoms with Crippen LogP contribution in [0, 0.1) is 11.3 Å². The van der Waals surface area contributed by atoms with Crippen molar-refractivity contribution in [1.29, 1.82) is 0 Å². The molecule has 2 saturated heterocycles. The Labute approximate surface area is 152 Å². The van der Waals surface area contributed by atoms with E-state index in [1.807, 2.05) is 4.90 Å². The zero-order chi connectivity index (χ0) is 16.1. The molecule has 3 fully saturated rings. The van der Waals surface area contributed by atoms with E-state index in [0.717, 1.165) is 51.3 Å². The molecule has 2 N–H and O–H groups in total. The van der Waals surface area contributed by atoms with Gasteiger partial charge in [0, 0.05) is 39.5 Å². The van der Waals surface area contributed by atoms with Crippen LogP contribution in [-0.4, -0.2) is 56.4 Å². The van der Waals surface area contributed by atoms with E-state index in [4.69, 9.17) is 15.2 Å². The lowest BCUT2D eigenvalue weighted by Crippen LogP contribution is -2.53. The summed E-state index contributed by atoms with van der Waals surface area (Å²) >= 11 is 0. The molecule has 0 aromatic heterocycles. The standard InChI is InChI=1S/C18H32N2O3.ClH/c19-14-18(7-11-22-12-8-18)17(21)20-9-5-16(6-10-20)23-13-15-3-1-2-4-15;/h15-16H,1-14,19H2;1H. The maximum Gasteiger partial charge on any atom is 0.230 e. The molecule has 0 aromatic rings. The fourth-order valence-electron chi connectivity index (χ4n) is 4.28. The maximum atomic E-state index is 12.9. The number of carbonyl (C=O) groups excluding carboxylic acids is 1. The van der Waals surface area contributed by atoms with Crippen molar-refractivity contribution in [2.24, 2.45) is 17.1 Å². The fourth-order valence-corrected chi connectivity index (χ4v) is 4.28. The minimum Gasteiger partial charge on any atom is -0.381 e. The van der Waals surface area contributed by atoms with Gasteiger partial charge in [-0.3, -0.25) is 4.79 Å². The zero-order valence-electron chi connectivity index (χ0n) is 14.7. The molecule has 1 aliphatic carbocycles. The summed E-state index contributed by atoms with van der Waals surface area (Å²) in [6.45, 7) is 4.30. The van der Waals surface area contributed by atoms with Crippen molar-refractivity contribution >= 4 is 18.3 Å². The molecule has 5 nitrogen and oxygen atoms in total. The topological polar surface area (TPSA) is 64.8 Å². The van der Waals surface area contributed by atoms with Gasteiger partial charge in [-0.1, -0.05) is 12.8 Å². The van der Waals surface area contributed by atoms with Gasteiger partial charge in [0.1, 0.15) is 0 Å². The van der Waals surface area contributed by atoms with Crippen LogP contribution in [0.15, 0.2) is 0 Å². The summed E-state index contributed by atoms with van der Waals surface area (Å²) in [5, 5.41) is 0. The fraction of sp³-hybridized carbons (Fsp3) is 0.944. The van der Waals surface area contributed by atoms with Crippen molar-refractivity contribution < 1.29 is 14.3 Å². The van der Waals surface area contributed by atoms with Gasteiger partial charge in [-0.25, -0.2) is 0 Å². The second-order valence-corrected chi connectivity index (χ2v) is 7.57. The van der Waals surface area contributed by atoms with Gasteiger partial charge in [0.05, 0.1) is 11.5 Å². The number of hydrogen-bond acceptors (Lipinski definition) is 4. The van der Waals surface area contributed by atoms with Crippen LogP contribution in [0.25, 0.3) is 0 Å². The highest BCUT2D eigenvalue weighted by Gasteiger charge is 2.42. The smallest absolute Gasteiger partial charge is 0.230 e. The Hall–Kier alpha value is -0.360. The van der Waals surface area contributed by atoms with E-state index in [9.17, 15) is 4.79 Å². The normalized spacial score (nSPS) is 25.5. The first kappa shape index (κ1) is 20.0. The number of ether oxygens (including phenoxy) is 2. The number of hydrogen-bond donors (Lipinski definition) is 1. The molecule has 24 heavy (non-hydrogen) atoms. The molecule has 2 heterocycles. The molecule has 0 spiro atoms. The van der Waals surface area contributed by atoms with Gasteiger partial charge in [0.25, 0.3) is 0 Å². The Morgan fingerprint density at radius 3 is 2.33 bits per heavy atom. The Balaban J connectivity index is 0.00000208. The minimum absolute atomic E-state index is 0. The summed E-state index contributed by atoms with van der Waals surface area (Å²) < 4.78 is 11.5. The average Bonchev–Trinajstić information content (AvgIpc) is 3.14. The van der Waals surface area contributed by atoms with Crippen molar-refractivity contribution in [1.82, 2.24) is 4.90 Å². The van der Waals surface area contributed by atoms with Crippen molar-refractivity contribution in [2.45, 2.75) is 57.5 Å². The Bertz CT molecular complexity index is 388. The van der Waals surface area contributed by atoms with Crippen LogP contribution < -0.4 is 5.73 Å². The Morgan fingerprint density at radius 1 is 1.12 bits per heavy atom. The van der Waals surface area contributed by atoms with E-state index >= 15 is 0 Å². The molecule has 1 saturated carbocycles. The van der Waals surface area contributed by atoms with E-state index < -0.39 is 0 Å². The van der Waals surface area contributed by atoms with Gasteiger partial charge in [-0.05, 0) is 44.4 Å². The Kier molecular flexibility index (Phi) is 7.79. The number of nitrogens with two attached hydrogens (primary N) is 1. The molecule has 3 aliphatic rings. The van der Waals surface area contributed by atoms with E-state index in [1.54, 1.807) is 0 Å². The molecular weight excluding hydrogens is 328 g/mol. The number of nitrogens with zero attached hydrogens (tertiary/aromatic N) is 1. The van der Waals surface area contributed by atoms with Crippen molar-refractivity contribution in [3.8, 4) is 0 Å². The molecule has 0 aromatic carbocycles.